The van der Waals surface area contributed by atoms with E-state index in [1.54, 1.807) is 4.90 Å². The number of halogens is 6. The van der Waals surface area contributed by atoms with Crippen LogP contribution in [0.5, 0.6) is 0 Å². The molecular weight excluding hydrogens is 666 g/mol. The first-order valence-corrected chi connectivity index (χ1v) is 17.2. The number of fused-ring (bicyclic) bond motifs is 1. The number of alkyl halides is 6. The van der Waals surface area contributed by atoms with E-state index in [0.717, 1.165) is 43.2 Å². The van der Waals surface area contributed by atoms with Crippen molar-refractivity contribution < 1.29 is 45.5 Å². The maximum absolute atomic E-state index is 14.3. The van der Waals surface area contributed by atoms with Crippen LogP contribution in [0, 0.1) is 18.8 Å². The minimum atomic E-state index is -5.06. The second-order valence-corrected chi connectivity index (χ2v) is 13.8. The molecule has 1 saturated carbocycles. The van der Waals surface area contributed by atoms with Crippen molar-refractivity contribution in [2.24, 2.45) is 17.6 Å². The lowest BCUT2D eigenvalue weighted by molar-refractivity contribution is -0.174. The van der Waals surface area contributed by atoms with E-state index < -0.39 is 59.9 Å². The smallest absolute Gasteiger partial charge is 0.416 e. The van der Waals surface area contributed by atoms with Crippen LogP contribution in [0.3, 0.4) is 0 Å². The highest BCUT2D eigenvalue weighted by Gasteiger charge is 2.52. The van der Waals surface area contributed by atoms with E-state index in [2.05, 4.69) is 0 Å². The topological polar surface area (TPSA) is 96.2 Å². The number of aryl methyl sites for hydroxylation is 1. The van der Waals surface area contributed by atoms with Crippen molar-refractivity contribution in [2.75, 3.05) is 26.2 Å². The summed E-state index contributed by atoms with van der Waals surface area (Å²) in [4.78, 5) is 46.7. The molecule has 8 nitrogen and oxygen atoms in total. The highest BCUT2D eigenvalue weighted by atomic mass is 19.4. The van der Waals surface area contributed by atoms with E-state index >= 15 is 0 Å². The number of amides is 3. The molecule has 274 valence electrons. The molecule has 0 bridgehead atoms. The third-order valence-corrected chi connectivity index (χ3v) is 10.00. The van der Waals surface area contributed by atoms with E-state index in [9.17, 15) is 40.7 Å². The zero-order valence-corrected chi connectivity index (χ0v) is 28.1. The monoisotopic (exact) mass is 710 g/mol. The molecule has 3 fully saturated rings. The summed E-state index contributed by atoms with van der Waals surface area (Å²) in [5, 5.41) is 0. The molecule has 2 aromatic carbocycles. The van der Waals surface area contributed by atoms with Gasteiger partial charge >= 0.3 is 18.4 Å². The Morgan fingerprint density at radius 1 is 0.860 bits per heavy atom. The molecule has 3 amide bonds. The fourth-order valence-corrected chi connectivity index (χ4v) is 7.39. The van der Waals surface area contributed by atoms with Gasteiger partial charge in [0.15, 0.2) is 0 Å². The zero-order valence-electron chi connectivity index (χ0n) is 28.1. The molecule has 0 spiro atoms. The minimum absolute atomic E-state index is 0.0138. The molecule has 0 aromatic heterocycles. The van der Waals surface area contributed by atoms with Crippen LogP contribution < -0.4 is 5.73 Å². The van der Waals surface area contributed by atoms with Crippen molar-refractivity contribution in [1.82, 2.24) is 14.7 Å². The summed E-state index contributed by atoms with van der Waals surface area (Å²) in [5.74, 6) is -1.01. The number of benzene rings is 2. The van der Waals surface area contributed by atoms with Gasteiger partial charge in [-0.3, -0.25) is 14.5 Å². The first-order chi connectivity index (χ1) is 23.7. The Morgan fingerprint density at radius 3 is 2.10 bits per heavy atom. The van der Waals surface area contributed by atoms with Crippen LogP contribution in [0.4, 0.5) is 31.1 Å². The number of unbranched alkanes of at least 4 members (excludes halogenated alkanes) is 1. The molecule has 5 rings (SSSR count). The third kappa shape index (κ3) is 8.91. The van der Waals surface area contributed by atoms with Crippen molar-refractivity contribution >= 4 is 17.9 Å². The second-order valence-electron chi connectivity index (χ2n) is 13.8. The molecule has 1 unspecified atom stereocenters. The summed E-state index contributed by atoms with van der Waals surface area (Å²) in [5.41, 5.74) is 4.06. The van der Waals surface area contributed by atoms with Crippen LogP contribution in [0.2, 0.25) is 0 Å². The van der Waals surface area contributed by atoms with Gasteiger partial charge in [-0.1, -0.05) is 49.1 Å². The van der Waals surface area contributed by atoms with Gasteiger partial charge < -0.3 is 20.3 Å². The fraction of sp³-hybridized carbons (Fsp3) is 0.583. The summed E-state index contributed by atoms with van der Waals surface area (Å²) >= 11 is 0. The quantitative estimate of drug-likeness (QED) is 0.214. The van der Waals surface area contributed by atoms with Crippen LogP contribution in [-0.2, 0) is 39.7 Å². The van der Waals surface area contributed by atoms with E-state index in [0.29, 0.717) is 44.5 Å². The number of rotatable bonds is 10. The maximum Gasteiger partial charge on any atom is 0.416 e. The van der Waals surface area contributed by atoms with Gasteiger partial charge in [-0.05, 0) is 87.2 Å². The molecular formula is C36H44F6N4O4. The lowest BCUT2D eigenvalue weighted by Gasteiger charge is -2.54. The van der Waals surface area contributed by atoms with Gasteiger partial charge in [-0.15, -0.1) is 0 Å². The molecule has 14 heteroatoms. The number of hydrogen-bond acceptors (Lipinski definition) is 5. The zero-order chi connectivity index (χ0) is 36.2. The second kappa shape index (κ2) is 15.6. The van der Waals surface area contributed by atoms with Crippen molar-refractivity contribution in [3.05, 3.63) is 70.3 Å². The average molecular weight is 711 g/mol. The first-order valence-electron chi connectivity index (χ1n) is 17.2. The van der Waals surface area contributed by atoms with E-state index in [-0.39, 0.29) is 43.3 Å². The predicted molar refractivity (Wildman–Crippen MR) is 172 cm³/mol. The van der Waals surface area contributed by atoms with Crippen molar-refractivity contribution in [3.63, 3.8) is 0 Å². The number of carbonyl (C=O) groups is 3. The van der Waals surface area contributed by atoms with Crippen LogP contribution >= 0.6 is 0 Å². The lowest BCUT2D eigenvalue weighted by atomic mass is 9.87. The molecule has 2 heterocycles. The van der Waals surface area contributed by atoms with Gasteiger partial charge in [0.2, 0.25) is 11.8 Å². The molecule has 3 atom stereocenters. The molecule has 50 heavy (non-hydrogen) atoms. The minimum Gasteiger partial charge on any atom is -0.444 e. The maximum atomic E-state index is 14.3. The fourth-order valence-electron chi connectivity index (χ4n) is 7.39. The van der Waals surface area contributed by atoms with Gasteiger partial charge in [-0.25, -0.2) is 4.79 Å². The number of carbonyl (C=O) groups excluding carboxylic acids is 3. The lowest BCUT2D eigenvalue weighted by Crippen LogP contribution is -2.73. The highest BCUT2D eigenvalue weighted by molar-refractivity contribution is 5.91. The van der Waals surface area contributed by atoms with Crippen molar-refractivity contribution in [2.45, 2.75) is 95.9 Å². The number of hydrogen-bond donors (Lipinski definition) is 1. The van der Waals surface area contributed by atoms with E-state index in [1.807, 2.05) is 31.2 Å². The summed E-state index contributed by atoms with van der Waals surface area (Å²) in [6, 6.07) is 7.71. The van der Waals surface area contributed by atoms with Crippen molar-refractivity contribution in [3.8, 4) is 0 Å². The number of nitrogens with zero attached hydrogens (tertiary/aromatic N) is 3. The van der Waals surface area contributed by atoms with Crippen LogP contribution in [0.15, 0.2) is 42.5 Å². The predicted octanol–water partition coefficient (Wildman–Crippen LogP) is 6.92. The standard InChI is InChI=1S/C36H44F6N4O4/c1-23-10-12-24(13-11-23)15-27-20-45(34(49)50-22-26-16-28(35(37,38)39)18-29(17-26)36(40,41)42)31-21-44(19-25-7-3-2-4-8-25)33(48)30(9-5-6-14-43)46(31)32(27)47/h10-13,16-18,25,27,30-31H,2-9,14-15,19-22,43H2,1H3/t27-,30?,31+/m0/s1. The normalized spacial score (nSPS) is 22.2. The molecule has 3 aliphatic rings. The Kier molecular flexibility index (Phi) is 11.7. The molecule has 1 aliphatic carbocycles. The molecule has 2 aliphatic heterocycles. The van der Waals surface area contributed by atoms with E-state index in [1.165, 1.54) is 9.80 Å². The largest absolute Gasteiger partial charge is 0.444 e. The summed E-state index contributed by atoms with van der Waals surface area (Å²) in [7, 11) is 0. The Morgan fingerprint density at radius 2 is 1.50 bits per heavy atom. The molecule has 2 aromatic rings. The van der Waals surface area contributed by atoms with Crippen LogP contribution in [-0.4, -0.2) is 71.0 Å². The van der Waals surface area contributed by atoms with Crippen LogP contribution in [0.25, 0.3) is 0 Å². The van der Waals surface area contributed by atoms with Gasteiger partial charge in [0.25, 0.3) is 0 Å². The number of ether oxygens (including phenoxy) is 1. The first kappa shape index (κ1) is 37.4. The Bertz CT molecular complexity index is 1480. The number of piperazine rings is 1. The van der Waals surface area contributed by atoms with Crippen molar-refractivity contribution in [1.29, 1.82) is 0 Å². The summed E-state index contributed by atoms with van der Waals surface area (Å²) in [6.07, 6.45) is -5.19. The third-order valence-electron chi connectivity index (χ3n) is 10.00. The summed E-state index contributed by atoms with van der Waals surface area (Å²) in [6.45, 7) is 1.82. The average Bonchev–Trinajstić information content (AvgIpc) is 3.07. The van der Waals surface area contributed by atoms with Gasteiger partial charge in [-0.2, -0.15) is 26.3 Å². The molecule has 2 saturated heterocycles. The SMILES string of the molecule is Cc1ccc(C[C@H]2CN(C(=O)OCc3cc(C(F)(F)F)cc(C(F)(F)F)c3)[C@H]3CN(CC4CCCCC4)C(=O)C(CCCCN)N3C2=O)cc1. The van der Waals surface area contributed by atoms with Gasteiger partial charge in [0.05, 0.1) is 23.6 Å². The highest BCUT2D eigenvalue weighted by Crippen LogP contribution is 2.37. The van der Waals surface area contributed by atoms with Crippen LogP contribution in [0.1, 0.15) is 79.2 Å². The Hall–Kier alpha value is -3.81. The molecule has 0 radical (unpaired) electrons. The Labute approximate surface area is 287 Å². The summed E-state index contributed by atoms with van der Waals surface area (Å²) < 4.78 is 86.5. The number of nitrogens with two attached hydrogens (primary N) is 1. The van der Waals surface area contributed by atoms with E-state index in [4.69, 9.17) is 10.5 Å². The molecule has 2 N–H and O–H groups in total. The van der Waals surface area contributed by atoms with Gasteiger partial charge in [0, 0.05) is 13.1 Å². The van der Waals surface area contributed by atoms with Gasteiger partial charge in [0.1, 0.15) is 18.8 Å². The Balaban J connectivity index is 1.46.